The fraction of sp³-hybridized carbons (Fsp3) is 0.550. The summed E-state index contributed by atoms with van der Waals surface area (Å²) in [6, 6.07) is 6.34. The van der Waals surface area contributed by atoms with Crippen LogP contribution in [0.5, 0.6) is 0 Å². The van der Waals surface area contributed by atoms with Crippen molar-refractivity contribution in [2.24, 2.45) is 7.05 Å². The quantitative estimate of drug-likeness (QED) is 0.898. The van der Waals surface area contributed by atoms with E-state index in [0.29, 0.717) is 38.6 Å². The van der Waals surface area contributed by atoms with Crippen LogP contribution in [0.1, 0.15) is 31.2 Å². The van der Waals surface area contributed by atoms with Crippen molar-refractivity contribution in [3.8, 4) is 0 Å². The number of amides is 3. The van der Waals surface area contributed by atoms with Crippen LogP contribution < -0.4 is 5.32 Å². The Kier molecular flexibility index (Phi) is 5.01. The summed E-state index contributed by atoms with van der Waals surface area (Å²) in [5.41, 5.74) is 2.96. The van der Waals surface area contributed by atoms with Crippen LogP contribution in [0.25, 0.3) is 11.0 Å². The number of nitrogens with zero attached hydrogens (tertiary/aromatic N) is 4. The zero-order valence-corrected chi connectivity index (χ0v) is 15.9. The number of carbonyl (C=O) groups excluding carboxylic acids is 2. The molecule has 0 spiro atoms. The summed E-state index contributed by atoms with van der Waals surface area (Å²) >= 11 is 0. The average Bonchev–Trinajstić information content (AvgIpc) is 3.32. The molecule has 1 saturated heterocycles. The molecule has 27 heavy (non-hydrogen) atoms. The fourth-order valence-corrected chi connectivity index (χ4v) is 4.07. The average molecular weight is 369 g/mol. The van der Waals surface area contributed by atoms with Gasteiger partial charge in [0.2, 0.25) is 5.91 Å². The zero-order valence-electron chi connectivity index (χ0n) is 15.9. The van der Waals surface area contributed by atoms with E-state index in [-0.39, 0.29) is 11.9 Å². The Morgan fingerprint density at radius 3 is 2.56 bits per heavy atom. The maximum Gasteiger partial charge on any atom is 0.317 e. The second kappa shape index (κ2) is 7.58. The highest BCUT2D eigenvalue weighted by atomic mass is 16.2. The minimum Gasteiger partial charge on any atom is -0.339 e. The van der Waals surface area contributed by atoms with Gasteiger partial charge in [-0.1, -0.05) is 18.9 Å². The molecular formula is C20H27N5O2. The predicted octanol–water partition coefficient (Wildman–Crippen LogP) is 1.91. The van der Waals surface area contributed by atoms with Crippen molar-refractivity contribution in [3.05, 3.63) is 30.1 Å². The van der Waals surface area contributed by atoms with Gasteiger partial charge in [-0.15, -0.1) is 0 Å². The molecule has 0 atom stereocenters. The number of benzene rings is 1. The molecule has 2 aliphatic rings. The largest absolute Gasteiger partial charge is 0.339 e. The van der Waals surface area contributed by atoms with Gasteiger partial charge in [-0.25, -0.2) is 9.78 Å². The van der Waals surface area contributed by atoms with Crippen molar-refractivity contribution in [2.75, 3.05) is 26.2 Å². The lowest BCUT2D eigenvalue weighted by atomic mass is 10.1. The molecule has 2 heterocycles. The summed E-state index contributed by atoms with van der Waals surface area (Å²) in [5, 5.41) is 3.13. The third-order valence-electron chi connectivity index (χ3n) is 5.75. The highest BCUT2D eigenvalue weighted by molar-refractivity contribution is 5.82. The van der Waals surface area contributed by atoms with Crippen molar-refractivity contribution in [1.82, 2.24) is 24.7 Å². The number of fused-ring (bicyclic) bond motifs is 1. The van der Waals surface area contributed by atoms with Gasteiger partial charge < -0.3 is 19.7 Å². The molecule has 1 aliphatic heterocycles. The number of hydrogen-bond donors (Lipinski definition) is 1. The van der Waals surface area contributed by atoms with E-state index < -0.39 is 0 Å². The number of carbonyl (C=O) groups is 2. The third kappa shape index (κ3) is 3.91. The van der Waals surface area contributed by atoms with E-state index in [0.717, 1.165) is 29.4 Å². The topological polar surface area (TPSA) is 70.5 Å². The van der Waals surface area contributed by atoms with Crippen LogP contribution in [0.3, 0.4) is 0 Å². The van der Waals surface area contributed by atoms with E-state index >= 15 is 0 Å². The third-order valence-corrected chi connectivity index (χ3v) is 5.75. The molecule has 1 aliphatic carbocycles. The van der Waals surface area contributed by atoms with Crippen molar-refractivity contribution in [3.63, 3.8) is 0 Å². The van der Waals surface area contributed by atoms with Gasteiger partial charge in [0, 0.05) is 39.3 Å². The predicted molar refractivity (Wildman–Crippen MR) is 103 cm³/mol. The molecule has 0 radical (unpaired) electrons. The van der Waals surface area contributed by atoms with Gasteiger partial charge in [0.15, 0.2) is 0 Å². The SMILES string of the molecule is Cn1cnc2cc(CC(=O)N3CCN(C(=O)NC4CCCC4)CC3)ccc21. The summed E-state index contributed by atoms with van der Waals surface area (Å²) in [6.07, 6.45) is 6.75. The molecule has 7 nitrogen and oxygen atoms in total. The number of urea groups is 1. The van der Waals surface area contributed by atoms with Crippen LogP contribution in [0, 0.1) is 0 Å². The van der Waals surface area contributed by atoms with Crippen molar-refractivity contribution < 1.29 is 9.59 Å². The molecule has 2 aromatic rings. The first-order valence-electron chi connectivity index (χ1n) is 9.83. The first-order valence-corrected chi connectivity index (χ1v) is 9.83. The minimum absolute atomic E-state index is 0.0228. The Labute approximate surface area is 159 Å². The number of piperazine rings is 1. The number of nitrogens with one attached hydrogen (secondary N) is 1. The molecule has 3 amide bonds. The molecule has 4 rings (SSSR count). The first-order chi connectivity index (χ1) is 13.1. The summed E-state index contributed by atoms with van der Waals surface area (Å²) in [6.45, 7) is 2.40. The lowest BCUT2D eigenvalue weighted by Gasteiger charge is -2.35. The lowest BCUT2D eigenvalue weighted by Crippen LogP contribution is -2.54. The molecular weight excluding hydrogens is 342 g/mol. The summed E-state index contributed by atoms with van der Waals surface area (Å²) in [4.78, 5) is 33.1. The summed E-state index contributed by atoms with van der Waals surface area (Å²) in [5.74, 6) is 0.112. The molecule has 1 N–H and O–H groups in total. The Hall–Kier alpha value is -2.57. The Balaban J connectivity index is 1.29. The van der Waals surface area contributed by atoms with Gasteiger partial charge in [-0.05, 0) is 30.5 Å². The molecule has 7 heteroatoms. The Morgan fingerprint density at radius 1 is 1.11 bits per heavy atom. The number of imidazole rings is 1. The van der Waals surface area contributed by atoms with E-state index in [4.69, 9.17) is 0 Å². The molecule has 1 aromatic carbocycles. The molecule has 1 saturated carbocycles. The lowest BCUT2D eigenvalue weighted by molar-refractivity contribution is -0.131. The smallest absolute Gasteiger partial charge is 0.317 e. The van der Waals surface area contributed by atoms with Crippen molar-refractivity contribution >= 4 is 23.0 Å². The van der Waals surface area contributed by atoms with E-state index in [1.807, 2.05) is 39.6 Å². The maximum atomic E-state index is 12.6. The van der Waals surface area contributed by atoms with Gasteiger partial charge in [0.1, 0.15) is 0 Å². The highest BCUT2D eigenvalue weighted by Crippen LogP contribution is 2.18. The van der Waals surface area contributed by atoms with Crippen LogP contribution in [-0.4, -0.2) is 63.5 Å². The van der Waals surface area contributed by atoms with E-state index in [1.54, 1.807) is 6.33 Å². The second-order valence-corrected chi connectivity index (χ2v) is 7.65. The first kappa shape index (κ1) is 17.8. The number of aromatic nitrogens is 2. The molecule has 2 fully saturated rings. The van der Waals surface area contributed by atoms with Gasteiger partial charge in [0.05, 0.1) is 23.8 Å². The van der Waals surface area contributed by atoms with Crippen LogP contribution in [-0.2, 0) is 18.3 Å². The van der Waals surface area contributed by atoms with Gasteiger partial charge in [0.25, 0.3) is 0 Å². The fourth-order valence-electron chi connectivity index (χ4n) is 4.07. The number of aryl methyl sites for hydroxylation is 1. The van der Waals surface area contributed by atoms with Crippen LogP contribution >= 0.6 is 0 Å². The van der Waals surface area contributed by atoms with E-state index in [9.17, 15) is 9.59 Å². The van der Waals surface area contributed by atoms with Crippen LogP contribution in [0.2, 0.25) is 0 Å². The number of rotatable bonds is 3. The van der Waals surface area contributed by atoms with Crippen molar-refractivity contribution in [1.29, 1.82) is 0 Å². The molecule has 144 valence electrons. The van der Waals surface area contributed by atoms with E-state index in [2.05, 4.69) is 10.3 Å². The normalized spacial score (nSPS) is 18.3. The monoisotopic (exact) mass is 369 g/mol. The summed E-state index contributed by atoms with van der Waals surface area (Å²) < 4.78 is 1.97. The zero-order chi connectivity index (χ0) is 18.8. The highest BCUT2D eigenvalue weighted by Gasteiger charge is 2.26. The minimum atomic E-state index is 0.0228. The molecule has 0 bridgehead atoms. The molecule has 1 aromatic heterocycles. The van der Waals surface area contributed by atoms with Gasteiger partial charge >= 0.3 is 6.03 Å². The van der Waals surface area contributed by atoms with E-state index in [1.165, 1.54) is 12.8 Å². The number of hydrogen-bond acceptors (Lipinski definition) is 3. The van der Waals surface area contributed by atoms with Crippen LogP contribution in [0.15, 0.2) is 24.5 Å². The summed E-state index contributed by atoms with van der Waals surface area (Å²) in [7, 11) is 1.96. The Bertz CT molecular complexity index is 832. The maximum absolute atomic E-state index is 12.6. The standard InChI is InChI=1S/C20H27N5O2/c1-23-14-21-17-12-15(6-7-18(17)23)13-19(26)24-8-10-25(11-9-24)20(27)22-16-4-2-3-5-16/h6-7,12,14,16H,2-5,8-11,13H2,1H3,(H,22,27). The second-order valence-electron chi connectivity index (χ2n) is 7.65. The van der Waals surface area contributed by atoms with Crippen molar-refractivity contribution in [2.45, 2.75) is 38.1 Å². The molecule has 0 unspecified atom stereocenters. The van der Waals surface area contributed by atoms with Crippen LogP contribution in [0.4, 0.5) is 4.79 Å². The van der Waals surface area contributed by atoms with Gasteiger partial charge in [-0.2, -0.15) is 0 Å². The Morgan fingerprint density at radius 2 is 1.81 bits per heavy atom. The van der Waals surface area contributed by atoms with Gasteiger partial charge in [-0.3, -0.25) is 4.79 Å².